The van der Waals surface area contributed by atoms with Crippen LogP contribution in [0.2, 0.25) is 0 Å². The lowest BCUT2D eigenvalue weighted by molar-refractivity contribution is -0.110. The third-order valence-corrected chi connectivity index (χ3v) is 7.05. The molecule has 1 saturated heterocycles. The van der Waals surface area contributed by atoms with Crippen molar-refractivity contribution < 1.29 is 9.18 Å². The van der Waals surface area contributed by atoms with Gasteiger partial charge in [0.05, 0.1) is 11.3 Å². The van der Waals surface area contributed by atoms with E-state index in [1.54, 1.807) is 18.3 Å². The van der Waals surface area contributed by atoms with E-state index in [1.807, 2.05) is 12.1 Å². The highest BCUT2D eigenvalue weighted by Crippen LogP contribution is 2.38. The Bertz CT molecular complexity index is 1070. The molecule has 1 fully saturated rings. The molecule has 32 heavy (non-hydrogen) atoms. The third kappa shape index (κ3) is 4.11. The number of halogens is 1. The fourth-order valence-corrected chi connectivity index (χ4v) is 5.11. The summed E-state index contributed by atoms with van der Waals surface area (Å²) in [5.74, 6) is -0.714. The summed E-state index contributed by atoms with van der Waals surface area (Å²) in [5, 5.41) is 9.62. The highest BCUT2D eigenvalue weighted by atomic mass is 19.1. The molecule has 0 bridgehead atoms. The van der Waals surface area contributed by atoms with Gasteiger partial charge < -0.3 is 16.0 Å². The zero-order chi connectivity index (χ0) is 23.3. The van der Waals surface area contributed by atoms with Crippen LogP contribution >= 0.6 is 0 Å². The number of piperidine rings is 1. The van der Waals surface area contributed by atoms with Crippen LogP contribution in [0.4, 0.5) is 21.5 Å². The number of fused-ring (bicyclic) bond motifs is 1. The van der Waals surface area contributed by atoms with Crippen molar-refractivity contribution in [3.63, 3.8) is 0 Å². The zero-order valence-corrected chi connectivity index (χ0v) is 19.8. The maximum absolute atomic E-state index is 14.2. The molecule has 2 aliphatic heterocycles. The van der Waals surface area contributed by atoms with Crippen molar-refractivity contribution in [3.05, 3.63) is 59.5 Å². The normalized spacial score (nSPS) is 21.3. The first-order valence-electron chi connectivity index (χ1n) is 11.2. The summed E-state index contributed by atoms with van der Waals surface area (Å²) in [6, 6.07) is 11.1. The SMILES string of the molecule is Cc1cc(NC=C2C(=O)Nc3cccc(F)c32)ccc1NC1CC(C)(C)N(C)C(C)(C)C1. The monoisotopic (exact) mass is 436 g/mol. The smallest absolute Gasteiger partial charge is 0.257 e. The number of carbonyl (C=O) groups is 1. The van der Waals surface area contributed by atoms with E-state index >= 15 is 0 Å². The minimum Gasteiger partial charge on any atom is -0.382 e. The van der Waals surface area contributed by atoms with Gasteiger partial charge in [0.1, 0.15) is 5.82 Å². The predicted molar refractivity (Wildman–Crippen MR) is 130 cm³/mol. The van der Waals surface area contributed by atoms with Gasteiger partial charge in [0.25, 0.3) is 5.91 Å². The van der Waals surface area contributed by atoms with Crippen LogP contribution in [0.25, 0.3) is 5.57 Å². The Labute approximate surface area is 190 Å². The number of benzene rings is 2. The van der Waals surface area contributed by atoms with Gasteiger partial charge >= 0.3 is 0 Å². The number of hydrogen-bond donors (Lipinski definition) is 3. The molecule has 3 N–H and O–H groups in total. The summed E-state index contributed by atoms with van der Waals surface area (Å²) in [6.45, 7) is 11.3. The minimum atomic E-state index is -0.409. The van der Waals surface area contributed by atoms with E-state index in [2.05, 4.69) is 68.6 Å². The lowest BCUT2D eigenvalue weighted by Gasteiger charge is -2.54. The topological polar surface area (TPSA) is 56.4 Å². The van der Waals surface area contributed by atoms with E-state index in [0.29, 0.717) is 22.9 Å². The van der Waals surface area contributed by atoms with Gasteiger partial charge in [-0.15, -0.1) is 0 Å². The lowest BCUT2D eigenvalue weighted by Crippen LogP contribution is -2.61. The Kier molecular flexibility index (Phi) is 5.53. The number of carbonyl (C=O) groups excluding carboxylic acids is 1. The number of aryl methyl sites for hydroxylation is 1. The van der Waals surface area contributed by atoms with Crippen LogP contribution in [-0.4, -0.2) is 35.0 Å². The average Bonchev–Trinajstić information content (AvgIpc) is 3.02. The third-order valence-electron chi connectivity index (χ3n) is 7.05. The Hall–Kier alpha value is -2.86. The molecule has 0 aromatic heterocycles. The predicted octanol–water partition coefficient (Wildman–Crippen LogP) is 5.60. The van der Waals surface area contributed by atoms with E-state index < -0.39 is 5.82 Å². The molecule has 0 unspecified atom stereocenters. The summed E-state index contributed by atoms with van der Waals surface area (Å²) in [4.78, 5) is 14.8. The van der Waals surface area contributed by atoms with Crippen molar-refractivity contribution >= 4 is 28.5 Å². The second-order valence-electron chi connectivity index (χ2n) is 10.3. The van der Waals surface area contributed by atoms with Crippen LogP contribution in [0.1, 0.15) is 51.7 Å². The Balaban J connectivity index is 1.49. The number of amides is 1. The van der Waals surface area contributed by atoms with E-state index in [0.717, 1.165) is 29.8 Å². The molecule has 2 heterocycles. The fraction of sp³-hybridized carbons (Fsp3) is 0.423. The largest absolute Gasteiger partial charge is 0.382 e. The Morgan fingerprint density at radius 1 is 1.12 bits per heavy atom. The highest BCUT2D eigenvalue weighted by molar-refractivity contribution is 6.31. The number of nitrogens with one attached hydrogen (secondary N) is 3. The van der Waals surface area contributed by atoms with Crippen molar-refractivity contribution in [2.45, 2.75) is 64.6 Å². The molecule has 0 radical (unpaired) electrons. The number of anilines is 3. The van der Waals surface area contributed by atoms with Gasteiger partial charge in [-0.05, 0) is 90.4 Å². The molecule has 0 aliphatic carbocycles. The molecule has 0 spiro atoms. The second-order valence-corrected chi connectivity index (χ2v) is 10.3. The molecule has 0 atom stereocenters. The summed E-state index contributed by atoms with van der Waals surface area (Å²) in [6.07, 6.45) is 3.71. The van der Waals surface area contributed by atoms with E-state index in [4.69, 9.17) is 0 Å². The first-order valence-corrected chi connectivity index (χ1v) is 11.2. The lowest BCUT2D eigenvalue weighted by atomic mass is 9.77. The van der Waals surface area contributed by atoms with Crippen LogP contribution in [0.15, 0.2) is 42.6 Å². The van der Waals surface area contributed by atoms with Crippen LogP contribution in [-0.2, 0) is 4.79 Å². The molecule has 2 aliphatic rings. The van der Waals surface area contributed by atoms with Crippen molar-refractivity contribution in [1.82, 2.24) is 4.90 Å². The Morgan fingerprint density at radius 3 is 2.47 bits per heavy atom. The van der Waals surface area contributed by atoms with Gasteiger partial charge in [0.2, 0.25) is 0 Å². The van der Waals surface area contributed by atoms with Crippen molar-refractivity contribution in [3.8, 4) is 0 Å². The molecular weight excluding hydrogens is 403 g/mol. The fourth-order valence-electron chi connectivity index (χ4n) is 5.11. The molecule has 170 valence electrons. The summed E-state index contributed by atoms with van der Waals surface area (Å²) < 4.78 is 14.2. The standard InChI is InChI=1S/C26H33FN4O/c1-16-12-17(28-15-19-23-20(27)8-7-9-22(23)30-24(19)32)10-11-21(16)29-18-13-25(2,3)31(6)26(4,5)14-18/h7-12,15,18,28-29H,13-14H2,1-6H3,(H,30,32). The molecule has 5 nitrogen and oxygen atoms in total. The van der Waals surface area contributed by atoms with Gasteiger partial charge in [-0.3, -0.25) is 9.69 Å². The van der Waals surface area contributed by atoms with Gasteiger partial charge in [-0.25, -0.2) is 4.39 Å². The Morgan fingerprint density at radius 2 is 1.81 bits per heavy atom. The van der Waals surface area contributed by atoms with Gasteiger partial charge in [-0.1, -0.05) is 6.07 Å². The van der Waals surface area contributed by atoms with Crippen LogP contribution in [0.5, 0.6) is 0 Å². The van der Waals surface area contributed by atoms with Crippen molar-refractivity contribution in [1.29, 1.82) is 0 Å². The second kappa shape index (κ2) is 7.93. The summed E-state index contributed by atoms with van der Waals surface area (Å²) in [7, 11) is 2.21. The maximum Gasteiger partial charge on any atom is 0.257 e. The van der Waals surface area contributed by atoms with E-state index in [9.17, 15) is 9.18 Å². The number of rotatable bonds is 4. The summed E-state index contributed by atoms with van der Waals surface area (Å²) in [5.41, 5.74) is 4.43. The zero-order valence-electron chi connectivity index (χ0n) is 19.8. The molecule has 1 amide bonds. The van der Waals surface area contributed by atoms with Crippen LogP contribution < -0.4 is 16.0 Å². The summed E-state index contributed by atoms with van der Waals surface area (Å²) >= 11 is 0. The van der Waals surface area contributed by atoms with Gasteiger partial charge in [0, 0.05) is 40.3 Å². The van der Waals surface area contributed by atoms with Crippen LogP contribution in [0.3, 0.4) is 0 Å². The van der Waals surface area contributed by atoms with E-state index in [1.165, 1.54) is 6.07 Å². The highest BCUT2D eigenvalue weighted by Gasteiger charge is 2.43. The molecule has 2 aromatic carbocycles. The van der Waals surface area contributed by atoms with Gasteiger partial charge in [-0.2, -0.15) is 0 Å². The molecule has 0 saturated carbocycles. The number of hydrogen-bond acceptors (Lipinski definition) is 4. The maximum atomic E-state index is 14.2. The molecule has 2 aromatic rings. The molecule has 6 heteroatoms. The first-order chi connectivity index (χ1) is 15.0. The minimum absolute atomic E-state index is 0.119. The first kappa shape index (κ1) is 22.3. The number of likely N-dealkylation sites (tertiary alicyclic amines) is 1. The van der Waals surface area contributed by atoms with Crippen LogP contribution in [0, 0.1) is 12.7 Å². The van der Waals surface area contributed by atoms with Crippen molar-refractivity contribution in [2.24, 2.45) is 0 Å². The van der Waals surface area contributed by atoms with Gasteiger partial charge in [0.15, 0.2) is 0 Å². The molecular formula is C26H33FN4O. The average molecular weight is 437 g/mol. The number of nitrogens with zero attached hydrogens (tertiary/aromatic N) is 1. The van der Waals surface area contributed by atoms with E-state index in [-0.39, 0.29) is 17.0 Å². The quantitative estimate of drug-likeness (QED) is 0.546. The molecule has 4 rings (SSSR count). The van der Waals surface area contributed by atoms with Crippen molar-refractivity contribution in [2.75, 3.05) is 23.0 Å².